The second kappa shape index (κ2) is 7.23. The van der Waals surface area contributed by atoms with E-state index >= 15 is 0 Å². The molecule has 1 fully saturated rings. The molecule has 0 heterocycles. The summed E-state index contributed by atoms with van der Waals surface area (Å²) in [6, 6.07) is 8.17. The van der Waals surface area contributed by atoms with E-state index in [1.807, 2.05) is 19.2 Å². The average Bonchev–Trinajstić information content (AvgIpc) is 3.02. The summed E-state index contributed by atoms with van der Waals surface area (Å²) in [5, 5.41) is 3.84. The number of benzene rings is 1. The van der Waals surface area contributed by atoms with Gasteiger partial charge in [-0.3, -0.25) is 4.21 Å². The number of rotatable bonds is 6. The Morgan fingerprint density at radius 1 is 1.25 bits per heavy atom. The van der Waals surface area contributed by atoms with Gasteiger partial charge in [-0.05, 0) is 44.5 Å². The fraction of sp³-hybridized carbons (Fsp3) is 0.625. The zero-order valence-electron chi connectivity index (χ0n) is 12.6. The van der Waals surface area contributed by atoms with Crippen molar-refractivity contribution in [3.05, 3.63) is 29.8 Å². The highest BCUT2D eigenvalue weighted by atomic mass is 32.2. The number of methoxy groups -OCH3 is 1. The molecule has 0 aromatic heterocycles. The lowest BCUT2D eigenvalue weighted by molar-refractivity contribution is 0.414. The Hall–Kier alpha value is -0.870. The number of nitrogens with one attached hydrogen (secondary N) is 1. The van der Waals surface area contributed by atoms with Gasteiger partial charge in [-0.25, -0.2) is 0 Å². The van der Waals surface area contributed by atoms with Crippen LogP contribution in [0, 0.1) is 0 Å². The molecule has 1 aliphatic rings. The third-order valence-electron chi connectivity index (χ3n) is 4.25. The zero-order valence-corrected chi connectivity index (χ0v) is 13.4. The van der Waals surface area contributed by atoms with Gasteiger partial charge in [0.15, 0.2) is 0 Å². The van der Waals surface area contributed by atoms with Crippen molar-refractivity contribution < 1.29 is 8.95 Å². The number of hydrogen-bond acceptors (Lipinski definition) is 3. The van der Waals surface area contributed by atoms with Crippen LogP contribution in [0.1, 0.15) is 44.2 Å². The molecule has 0 spiro atoms. The van der Waals surface area contributed by atoms with Gasteiger partial charge in [0.1, 0.15) is 5.75 Å². The van der Waals surface area contributed by atoms with E-state index in [0.29, 0.717) is 5.25 Å². The van der Waals surface area contributed by atoms with E-state index in [4.69, 9.17) is 4.74 Å². The first kappa shape index (κ1) is 15.5. The van der Waals surface area contributed by atoms with Crippen LogP contribution in [0.2, 0.25) is 0 Å². The molecule has 1 saturated carbocycles. The molecular weight excluding hydrogens is 270 g/mol. The highest BCUT2D eigenvalue weighted by Crippen LogP contribution is 2.30. The van der Waals surface area contributed by atoms with Crippen molar-refractivity contribution in [1.82, 2.24) is 5.32 Å². The molecule has 0 radical (unpaired) electrons. The Morgan fingerprint density at radius 3 is 2.35 bits per heavy atom. The minimum atomic E-state index is -0.771. The van der Waals surface area contributed by atoms with E-state index in [-0.39, 0.29) is 11.3 Å². The molecule has 3 atom stereocenters. The standard InChI is InChI=1S/C16H25NO2S/c1-12(20(18)15-6-4-5-7-15)16(17-2)13-8-10-14(19-3)11-9-13/h8-12,15-17H,4-7H2,1-3H3. The lowest BCUT2D eigenvalue weighted by Gasteiger charge is -2.26. The van der Waals surface area contributed by atoms with Crippen molar-refractivity contribution in [2.24, 2.45) is 0 Å². The molecular formula is C16H25NO2S. The lowest BCUT2D eigenvalue weighted by Crippen LogP contribution is -2.34. The van der Waals surface area contributed by atoms with E-state index < -0.39 is 10.8 Å². The Morgan fingerprint density at radius 2 is 1.85 bits per heavy atom. The quantitative estimate of drug-likeness (QED) is 0.876. The first-order valence-corrected chi connectivity index (χ1v) is 8.65. The SMILES string of the molecule is CNC(c1ccc(OC)cc1)C(C)S(=O)C1CCCC1. The Kier molecular flexibility index (Phi) is 5.61. The van der Waals surface area contributed by atoms with Crippen LogP contribution >= 0.6 is 0 Å². The van der Waals surface area contributed by atoms with Crippen molar-refractivity contribution in [2.75, 3.05) is 14.2 Å². The van der Waals surface area contributed by atoms with Crippen LogP contribution in [-0.4, -0.2) is 28.9 Å². The first-order chi connectivity index (χ1) is 9.67. The fourth-order valence-corrected chi connectivity index (χ4v) is 5.01. The zero-order chi connectivity index (χ0) is 14.5. The average molecular weight is 295 g/mol. The van der Waals surface area contributed by atoms with Crippen molar-refractivity contribution >= 4 is 10.8 Å². The summed E-state index contributed by atoms with van der Waals surface area (Å²) < 4.78 is 17.9. The molecule has 20 heavy (non-hydrogen) atoms. The Labute approximate surface area is 124 Å². The van der Waals surface area contributed by atoms with E-state index in [9.17, 15) is 4.21 Å². The molecule has 1 aromatic carbocycles. The van der Waals surface area contributed by atoms with Gasteiger partial charge in [0.2, 0.25) is 0 Å². The molecule has 3 unspecified atom stereocenters. The maximum absolute atomic E-state index is 12.7. The van der Waals surface area contributed by atoms with Gasteiger partial charge in [0.05, 0.1) is 12.4 Å². The summed E-state index contributed by atoms with van der Waals surface area (Å²) in [5.74, 6) is 0.855. The summed E-state index contributed by atoms with van der Waals surface area (Å²) in [6.07, 6.45) is 4.71. The molecule has 112 valence electrons. The van der Waals surface area contributed by atoms with Crippen LogP contribution in [0.3, 0.4) is 0 Å². The van der Waals surface area contributed by atoms with Gasteiger partial charge in [0, 0.05) is 22.1 Å². The highest BCUT2D eigenvalue weighted by Gasteiger charge is 2.30. The summed E-state index contributed by atoms with van der Waals surface area (Å²) in [7, 11) is 2.84. The third kappa shape index (κ3) is 3.41. The predicted octanol–water partition coefficient (Wildman–Crippen LogP) is 3.04. The molecule has 1 N–H and O–H groups in total. The van der Waals surface area contributed by atoms with Gasteiger partial charge >= 0.3 is 0 Å². The van der Waals surface area contributed by atoms with E-state index in [1.165, 1.54) is 18.4 Å². The van der Waals surface area contributed by atoms with Gasteiger partial charge in [-0.2, -0.15) is 0 Å². The molecule has 1 aliphatic carbocycles. The minimum Gasteiger partial charge on any atom is -0.497 e. The van der Waals surface area contributed by atoms with Crippen molar-refractivity contribution in [3.8, 4) is 5.75 Å². The summed E-state index contributed by atoms with van der Waals surface area (Å²) in [6.45, 7) is 2.10. The van der Waals surface area contributed by atoms with Gasteiger partial charge in [-0.1, -0.05) is 25.0 Å². The van der Waals surface area contributed by atoms with Crippen molar-refractivity contribution in [3.63, 3.8) is 0 Å². The van der Waals surface area contributed by atoms with Crippen LogP contribution in [0.15, 0.2) is 24.3 Å². The third-order valence-corrected chi connectivity index (χ3v) is 6.39. The second-order valence-electron chi connectivity index (χ2n) is 5.48. The molecule has 0 saturated heterocycles. The molecule has 3 nitrogen and oxygen atoms in total. The van der Waals surface area contributed by atoms with Gasteiger partial charge < -0.3 is 10.1 Å². The molecule has 0 aliphatic heterocycles. The van der Waals surface area contributed by atoms with Crippen LogP contribution in [0.5, 0.6) is 5.75 Å². The summed E-state index contributed by atoms with van der Waals surface area (Å²) >= 11 is 0. The molecule has 0 amide bonds. The Bertz CT molecular complexity index is 440. The summed E-state index contributed by atoms with van der Waals surface area (Å²) in [4.78, 5) is 0. The Balaban J connectivity index is 2.11. The highest BCUT2D eigenvalue weighted by molar-refractivity contribution is 7.86. The van der Waals surface area contributed by atoms with E-state index in [2.05, 4.69) is 24.4 Å². The van der Waals surface area contributed by atoms with E-state index in [0.717, 1.165) is 18.6 Å². The number of ether oxygens (including phenoxy) is 1. The lowest BCUT2D eigenvalue weighted by atomic mass is 10.0. The maximum Gasteiger partial charge on any atom is 0.118 e. The van der Waals surface area contributed by atoms with E-state index in [1.54, 1.807) is 7.11 Å². The monoisotopic (exact) mass is 295 g/mol. The molecule has 2 rings (SSSR count). The maximum atomic E-state index is 12.7. The second-order valence-corrected chi connectivity index (χ2v) is 7.55. The largest absolute Gasteiger partial charge is 0.497 e. The van der Waals surface area contributed by atoms with Crippen LogP contribution < -0.4 is 10.1 Å². The number of hydrogen-bond donors (Lipinski definition) is 1. The van der Waals surface area contributed by atoms with Crippen LogP contribution in [-0.2, 0) is 10.8 Å². The normalized spacial score (nSPS) is 20.6. The molecule has 1 aromatic rings. The predicted molar refractivity (Wildman–Crippen MR) is 84.7 cm³/mol. The van der Waals surface area contributed by atoms with Gasteiger partial charge in [0.25, 0.3) is 0 Å². The topological polar surface area (TPSA) is 38.3 Å². The van der Waals surface area contributed by atoms with Crippen LogP contribution in [0.25, 0.3) is 0 Å². The van der Waals surface area contributed by atoms with Crippen LogP contribution in [0.4, 0.5) is 0 Å². The minimum absolute atomic E-state index is 0.122. The summed E-state index contributed by atoms with van der Waals surface area (Å²) in [5.41, 5.74) is 1.17. The smallest absolute Gasteiger partial charge is 0.118 e. The van der Waals surface area contributed by atoms with Crippen molar-refractivity contribution in [1.29, 1.82) is 0 Å². The molecule has 0 bridgehead atoms. The fourth-order valence-electron chi connectivity index (χ4n) is 3.04. The molecule has 4 heteroatoms. The van der Waals surface area contributed by atoms with Gasteiger partial charge in [-0.15, -0.1) is 0 Å². The first-order valence-electron chi connectivity index (χ1n) is 7.38. The van der Waals surface area contributed by atoms with Crippen molar-refractivity contribution in [2.45, 2.75) is 49.1 Å².